The van der Waals surface area contributed by atoms with E-state index >= 15 is 0 Å². The number of aryl methyl sites for hydroxylation is 2. The first kappa shape index (κ1) is 14.4. The standard InChI is InChI=1S/C18H20FN3O/c1-12-3-4-14(19)9-15(12)17(23)22-8-2-6-18(11-22)7-5-13-10-20-21-16(13)18/h3-4,9-10H,2,5-8,11H2,1H3,(H,20,21). The molecule has 2 aliphatic rings. The van der Waals surface area contributed by atoms with Gasteiger partial charge in [-0.05, 0) is 55.9 Å². The molecule has 0 saturated carbocycles. The SMILES string of the molecule is Cc1ccc(F)cc1C(=O)N1CCCC2(CCc3cn[nH]c32)C1. The van der Waals surface area contributed by atoms with Crippen LogP contribution >= 0.6 is 0 Å². The van der Waals surface area contributed by atoms with E-state index in [2.05, 4.69) is 10.2 Å². The molecular weight excluding hydrogens is 293 g/mol. The summed E-state index contributed by atoms with van der Waals surface area (Å²) in [7, 11) is 0. The number of aromatic amines is 1. The molecule has 1 spiro atoms. The van der Waals surface area contributed by atoms with E-state index < -0.39 is 0 Å². The van der Waals surface area contributed by atoms with Crippen molar-refractivity contribution in [3.63, 3.8) is 0 Å². The van der Waals surface area contributed by atoms with Crippen LogP contribution in [0.25, 0.3) is 0 Å². The summed E-state index contributed by atoms with van der Waals surface area (Å²) in [6.45, 7) is 3.28. The number of H-pyrrole nitrogens is 1. The number of amides is 1. The lowest BCUT2D eigenvalue weighted by Crippen LogP contribution is -2.48. The third-order valence-corrected chi connectivity index (χ3v) is 5.42. The molecule has 1 aromatic carbocycles. The van der Waals surface area contributed by atoms with Crippen molar-refractivity contribution in [1.29, 1.82) is 0 Å². The Morgan fingerprint density at radius 1 is 1.39 bits per heavy atom. The highest BCUT2D eigenvalue weighted by atomic mass is 19.1. The number of carbonyl (C=O) groups excluding carboxylic acids is 1. The van der Waals surface area contributed by atoms with Gasteiger partial charge in [0.25, 0.3) is 5.91 Å². The molecule has 1 amide bonds. The quantitative estimate of drug-likeness (QED) is 0.880. The number of hydrogen-bond acceptors (Lipinski definition) is 2. The van der Waals surface area contributed by atoms with Crippen LogP contribution in [0.2, 0.25) is 0 Å². The number of nitrogens with one attached hydrogen (secondary N) is 1. The molecule has 120 valence electrons. The minimum Gasteiger partial charge on any atom is -0.338 e. The summed E-state index contributed by atoms with van der Waals surface area (Å²) >= 11 is 0. The summed E-state index contributed by atoms with van der Waals surface area (Å²) in [5, 5.41) is 7.32. The number of fused-ring (bicyclic) bond motifs is 2. The molecule has 23 heavy (non-hydrogen) atoms. The second-order valence-electron chi connectivity index (χ2n) is 6.84. The van der Waals surface area contributed by atoms with Gasteiger partial charge in [-0.15, -0.1) is 0 Å². The Hall–Kier alpha value is -2.17. The van der Waals surface area contributed by atoms with Crippen LogP contribution < -0.4 is 0 Å². The van der Waals surface area contributed by atoms with Crippen molar-refractivity contribution in [2.75, 3.05) is 13.1 Å². The maximum atomic E-state index is 13.5. The van der Waals surface area contributed by atoms with E-state index in [0.29, 0.717) is 12.1 Å². The fourth-order valence-electron chi connectivity index (χ4n) is 4.17. The van der Waals surface area contributed by atoms with Gasteiger partial charge in [0.2, 0.25) is 0 Å². The molecule has 1 fully saturated rings. The summed E-state index contributed by atoms with van der Waals surface area (Å²) in [5.74, 6) is -0.420. The van der Waals surface area contributed by atoms with Crippen LogP contribution in [0.15, 0.2) is 24.4 Å². The first-order chi connectivity index (χ1) is 11.1. The molecule has 0 radical (unpaired) electrons. The molecule has 1 aliphatic heterocycles. The topological polar surface area (TPSA) is 49.0 Å². The number of benzene rings is 1. The van der Waals surface area contributed by atoms with E-state index in [1.165, 1.54) is 23.4 Å². The lowest BCUT2D eigenvalue weighted by molar-refractivity contribution is 0.0631. The molecule has 1 atom stereocenters. The van der Waals surface area contributed by atoms with Crippen molar-refractivity contribution in [1.82, 2.24) is 15.1 Å². The molecule has 1 aliphatic carbocycles. The zero-order valence-corrected chi connectivity index (χ0v) is 13.2. The van der Waals surface area contributed by atoms with E-state index in [1.54, 1.807) is 6.07 Å². The van der Waals surface area contributed by atoms with Crippen LogP contribution in [0.1, 0.15) is 46.4 Å². The summed E-state index contributed by atoms with van der Waals surface area (Å²) in [6.07, 6.45) is 6.03. The molecule has 1 unspecified atom stereocenters. The summed E-state index contributed by atoms with van der Waals surface area (Å²) in [5.41, 5.74) is 3.78. The van der Waals surface area contributed by atoms with Crippen molar-refractivity contribution in [2.24, 2.45) is 0 Å². The van der Waals surface area contributed by atoms with Gasteiger partial charge in [0, 0.05) is 29.8 Å². The Bertz CT molecular complexity index is 769. The molecule has 0 bridgehead atoms. The highest BCUT2D eigenvalue weighted by molar-refractivity contribution is 5.95. The number of halogens is 1. The second kappa shape index (κ2) is 5.18. The Balaban J connectivity index is 1.63. The number of piperidine rings is 1. The minimum absolute atomic E-state index is 0.000965. The Labute approximate surface area is 134 Å². The fraction of sp³-hybridized carbons (Fsp3) is 0.444. The molecule has 1 aromatic heterocycles. The molecule has 2 aromatic rings. The first-order valence-electron chi connectivity index (χ1n) is 8.17. The molecular formula is C18H20FN3O. The second-order valence-corrected chi connectivity index (χ2v) is 6.84. The number of carbonyl (C=O) groups is 1. The van der Waals surface area contributed by atoms with Crippen LogP contribution in [0.3, 0.4) is 0 Å². The lowest BCUT2D eigenvalue weighted by atomic mass is 9.77. The average molecular weight is 313 g/mol. The summed E-state index contributed by atoms with van der Waals surface area (Å²) < 4.78 is 13.5. The van der Waals surface area contributed by atoms with Gasteiger partial charge in [-0.1, -0.05) is 6.07 Å². The first-order valence-corrected chi connectivity index (χ1v) is 8.17. The van der Waals surface area contributed by atoms with Crippen molar-refractivity contribution in [2.45, 2.75) is 38.0 Å². The number of hydrogen-bond donors (Lipinski definition) is 1. The van der Waals surface area contributed by atoms with Crippen LogP contribution in [0, 0.1) is 12.7 Å². The van der Waals surface area contributed by atoms with Crippen LogP contribution in [-0.2, 0) is 11.8 Å². The third-order valence-electron chi connectivity index (χ3n) is 5.42. The third kappa shape index (κ3) is 2.26. The highest BCUT2D eigenvalue weighted by Crippen LogP contribution is 2.44. The summed E-state index contributed by atoms with van der Waals surface area (Å²) in [6, 6.07) is 4.43. The monoisotopic (exact) mass is 313 g/mol. The van der Waals surface area contributed by atoms with Gasteiger partial charge in [-0.3, -0.25) is 9.89 Å². The van der Waals surface area contributed by atoms with Gasteiger partial charge < -0.3 is 4.90 Å². The molecule has 1 N–H and O–H groups in total. The van der Waals surface area contributed by atoms with Crippen LogP contribution in [-0.4, -0.2) is 34.1 Å². The minimum atomic E-state index is -0.359. The Morgan fingerprint density at radius 2 is 2.26 bits per heavy atom. The Morgan fingerprint density at radius 3 is 3.13 bits per heavy atom. The lowest BCUT2D eigenvalue weighted by Gasteiger charge is -2.40. The van der Waals surface area contributed by atoms with E-state index in [0.717, 1.165) is 37.8 Å². The molecule has 4 rings (SSSR count). The van der Waals surface area contributed by atoms with Gasteiger partial charge in [0.05, 0.1) is 6.20 Å². The highest BCUT2D eigenvalue weighted by Gasteiger charge is 2.44. The summed E-state index contributed by atoms with van der Waals surface area (Å²) in [4.78, 5) is 14.8. The van der Waals surface area contributed by atoms with E-state index in [-0.39, 0.29) is 17.1 Å². The van der Waals surface area contributed by atoms with Crippen molar-refractivity contribution in [3.8, 4) is 0 Å². The predicted molar refractivity (Wildman–Crippen MR) is 84.9 cm³/mol. The normalized spacial score (nSPS) is 23.3. The van der Waals surface area contributed by atoms with Gasteiger partial charge >= 0.3 is 0 Å². The van der Waals surface area contributed by atoms with E-state index in [9.17, 15) is 9.18 Å². The van der Waals surface area contributed by atoms with Crippen molar-refractivity contribution >= 4 is 5.91 Å². The average Bonchev–Trinajstić information content (AvgIpc) is 3.14. The zero-order chi connectivity index (χ0) is 16.0. The fourth-order valence-corrected chi connectivity index (χ4v) is 4.17. The van der Waals surface area contributed by atoms with E-state index in [1.807, 2.05) is 18.0 Å². The molecule has 1 saturated heterocycles. The largest absolute Gasteiger partial charge is 0.338 e. The van der Waals surface area contributed by atoms with Crippen molar-refractivity contribution < 1.29 is 9.18 Å². The van der Waals surface area contributed by atoms with Gasteiger partial charge in [-0.2, -0.15) is 5.10 Å². The van der Waals surface area contributed by atoms with Crippen LogP contribution in [0.5, 0.6) is 0 Å². The molecule has 5 heteroatoms. The maximum absolute atomic E-state index is 13.5. The van der Waals surface area contributed by atoms with Gasteiger partial charge in [-0.25, -0.2) is 4.39 Å². The van der Waals surface area contributed by atoms with Crippen molar-refractivity contribution in [3.05, 3.63) is 52.6 Å². The predicted octanol–water partition coefficient (Wildman–Crippen LogP) is 2.98. The van der Waals surface area contributed by atoms with Gasteiger partial charge in [0.15, 0.2) is 0 Å². The number of rotatable bonds is 1. The molecule has 4 nitrogen and oxygen atoms in total. The smallest absolute Gasteiger partial charge is 0.254 e. The van der Waals surface area contributed by atoms with Gasteiger partial charge in [0.1, 0.15) is 5.82 Å². The number of aromatic nitrogens is 2. The number of nitrogens with zero attached hydrogens (tertiary/aromatic N) is 2. The number of likely N-dealkylation sites (tertiary alicyclic amines) is 1. The van der Waals surface area contributed by atoms with E-state index in [4.69, 9.17) is 0 Å². The molecule has 2 heterocycles. The maximum Gasteiger partial charge on any atom is 0.254 e. The van der Waals surface area contributed by atoms with Crippen LogP contribution in [0.4, 0.5) is 4.39 Å². The Kier molecular flexibility index (Phi) is 3.25. The zero-order valence-electron chi connectivity index (χ0n) is 13.2.